The van der Waals surface area contributed by atoms with Crippen LogP contribution in [0.4, 0.5) is 4.39 Å². The first-order valence-electron chi connectivity index (χ1n) is 8.50. The Bertz CT molecular complexity index is 732. The van der Waals surface area contributed by atoms with E-state index in [1.165, 1.54) is 12.1 Å². The van der Waals surface area contributed by atoms with E-state index in [0.29, 0.717) is 5.57 Å². The molecule has 2 aromatic rings. The molecule has 25 heavy (non-hydrogen) atoms. The Morgan fingerprint density at radius 1 is 1.24 bits per heavy atom. The highest BCUT2D eigenvalue weighted by Gasteiger charge is 2.26. The number of carbonyl (C=O) groups excluding carboxylic acids is 1. The quantitative estimate of drug-likeness (QED) is 0.772. The van der Waals surface area contributed by atoms with Gasteiger partial charge in [0.15, 0.2) is 0 Å². The SMILES string of the molecule is CN1CCC(N(C)C(=O)C(=Cc2ccc(F)cc2)c2ccsc2)CC1. The van der Waals surface area contributed by atoms with Gasteiger partial charge in [0.1, 0.15) is 5.82 Å². The van der Waals surface area contributed by atoms with Crippen LogP contribution >= 0.6 is 11.3 Å². The maximum atomic E-state index is 13.2. The minimum Gasteiger partial charge on any atom is -0.339 e. The third kappa shape index (κ3) is 4.35. The van der Waals surface area contributed by atoms with Gasteiger partial charge in [-0.3, -0.25) is 4.79 Å². The van der Waals surface area contributed by atoms with Crippen LogP contribution in [0.3, 0.4) is 0 Å². The minimum absolute atomic E-state index is 0.0253. The van der Waals surface area contributed by atoms with Crippen LogP contribution in [0.25, 0.3) is 11.6 Å². The Morgan fingerprint density at radius 2 is 1.92 bits per heavy atom. The summed E-state index contributed by atoms with van der Waals surface area (Å²) in [6.07, 6.45) is 3.84. The second kappa shape index (κ2) is 7.93. The fourth-order valence-electron chi connectivity index (χ4n) is 3.15. The number of rotatable bonds is 4. The third-order valence-electron chi connectivity index (χ3n) is 4.80. The smallest absolute Gasteiger partial charge is 0.254 e. The van der Waals surface area contributed by atoms with E-state index in [0.717, 1.165) is 37.1 Å². The zero-order chi connectivity index (χ0) is 17.8. The lowest BCUT2D eigenvalue weighted by Gasteiger charge is -2.35. The summed E-state index contributed by atoms with van der Waals surface area (Å²) < 4.78 is 13.2. The summed E-state index contributed by atoms with van der Waals surface area (Å²) in [5.41, 5.74) is 2.40. The van der Waals surface area contributed by atoms with Gasteiger partial charge in [0.05, 0.1) is 0 Å². The molecular weight excluding hydrogens is 335 g/mol. The number of hydrogen-bond donors (Lipinski definition) is 0. The standard InChI is InChI=1S/C20H23FN2OS/c1-22-10-7-18(8-11-22)23(2)20(24)19(16-9-12-25-14-16)13-15-3-5-17(21)6-4-15/h3-6,9,12-14,18H,7-8,10-11H2,1-2H3. The van der Waals surface area contributed by atoms with Gasteiger partial charge in [0.2, 0.25) is 0 Å². The number of amides is 1. The van der Waals surface area contributed by atoms with E-state index < -0.39 is 0 Å². The summed E-state index contributed by atoms with van der Waals surface area (Å²) in [6.45, 7) is 2.02. The summed E-state index contributed by atoms with van der Waals surface area (Å²) in [5, 5.41) is 3.95. The second-order valence-corrected chi connectivity index (χ2v) is 7.35. The Morgan fingerprint density at radius 3 is 2.52 bits per heavy atom. The molecule has 0 bridgehead atoms. The molecule has 0 atom stereocenters. The van der Waals surface area contributed by atoms with E-state index in [1.807, 2.05) is 34.9 Å². The lowest BCUT2D eigenvalue weighted by molar-refractivity contribution is -0.126. The zero-order valence-corrected chi connectivity index (χ0v) is 15.4. The molecule has 1 aliphatic rings. The van der Waals surface area contributed by atoms with E-state index in [1.54, 1.807) is 23.5 Å². The topological polar surface area (TPSA) is 23.6 Å². The van der Waals surface area contributed by atoms with Crippen molar-refractivity contribution in [1.29, 1.82) is 0 Å². The molecule has 2 heterocycles. The molecule has 0 aliphatic carbocycles. The molecule has 5 heteroatoms. The predicted octanol–water partition coefficient (Wildman–Crippen LogP) is 3.98. The van der Waals surface area contributed by atoms with Crippen LogP contribution in [0.5, 0.6) is 0 Å². The van der Waals surface area contributed by atoms with Gasteiger partial charge in [0.25, 0.3) is 5.91 Å². The average Bonchev–Trinajstić information content (AvgIpc) is 3.15. The van der Waals surface area contributed by atoms with Gasteiger partial charge in [-0.05, 0) is 79.1 Å². The molecular formula is C20H23FN2OS. The summed E-state index contributed by atoms with van der Waals surface area (Å²) >= 11 is 1.57. The van der Waals surface area contributed by atoms with Gasteiger partial charge in [-0.1, -0.05) is 12.1 Å². The van der Waals surface area contributed by atoms with Crippen LogP contribution < -0.4 is 0 Å². The van der Waals surface area contributed by atoms with E-state index in [4.69, 9.17) is 0 Å². The van der Waals surface area contributed by atoms with Crippen LogP contribution in [0.15, 0.2) is 41.1 Å². The molecule has 0 saturated carbocycles. The Labute approximate surface area is 152 Å². The number of halogens is 1. The van der Waals surface area contributed by atoms with Gasteiger partial charge in [-0.15, -0.1) is 0 Å². The maximum Gasteiger partial charge on any atom is 0.254 e. The van der Waals surface area contributed by atoms with Crippen LogP contribution in [0.2, 0.25) is 0 Å². The van der Waals surface area contributed by atoms with Crippen molar-refractivity contribution in [2.45, 2.75) is 18.9 Å². The molecule has 1 aromatic carbocycles. The number of piperidine rings is 1. The molecule has 3 rings (SSSR count). The molecule has 0 spiro atoms. The van der Waals surface area contributed by atoms with Crippen LogP contribution in [0.1, 0.15) is 24.0 Å². The van der Waals surface area contributed by atoms with E-state index in [-0.39, 0.29) is 17.8 Å². The molecule has 1 aliphatic heterocycles. The number of nitrogens with zero attached hydrogens (tertiary/aromatic N) is 2. The predicted molar refractivity (Wildman–Crippen MR) is 102 cm³/mol. The Hall–Kier alpha value is -1.98. The zero-order valence-electron chi connectivity index (χ0n) is 14.6. The van der Waals surface area contributed by atoms with E-state index in [9.17, 15) is 9.18 Å². The molecule has 132 valence electrons. The Balaban J connectivity index is 1.86. The lowest BCUT2D eigenvalue weighted by atomic mass is 10.00. The van der Waals surface area contributed by atoms with Gasteiger partial charge in [-0.2, -0.15) is 11.3 Å². The summed E-state index contributed by atoms with van der Waals surface area (Å²) in [4.78, 5) is 17.3. The van der Waals surface area contributed by atoms with Crippen molar-refractivity contribution < 1.29 is 9.18 Å². The van der Waals surface area contributed by atoms with Crippen LogP contribution in [-0.4, -0.2) is 48.9 Å². The van der Waals surface area contributed by atoms with Crippen molar-refractivity contribution in [2.24, 2.45) is 0 Å². The fraction of sp³-hybridized carbons (Fsp3) is 0.350. The molecule has 1 aromatic heterocycles. The van der Waals surface area contributed by atoms with Crippen molar-refractivity contribution in [1.82, 2.24) is 9.80 Å². The number of carbonyl (C=O) groups is 1. The van der Waals surface area contributed by atoms with E-state index in [2.05, 4.69) is 11.9 Å². The normalized spacial score (nSPS) is 16.8. The number of hydrogen-bond acceptors (Lipinski definition) is 3. The number of likely N-dealkylation sites (tertiary alicyclic amines) is 1. The number of likely N-dealkylation sites (N-methyl/N-ethyl adjacent to an activating group) is 1. The third-order valence-corrected chi connectivity index (χ3v) is 5.48. The highest BCUT2D eigenvalue weighted by atomic mass is 32.1. The highest BCUT2D eigenvalue weighted by Crippen LogP contribution is 2.25. The summed E-state index contributed by atoms with van der Waals surface area (Å²) in [5.74, 6) is -0.249. The summed E-state index contributed by atoms with van der Waals surface area (Å²) in [6, 6.07) is 8.46. The molecule has 0 unspecified atom stereocenters. The first-order valence-corrected chi connectivity index (χ1v) is 9.44. The number of benzene rings is 1. The minimum atomic E-state index is -0.274. The van der Waals surface area contributed by atoms with Gasteiger partial charge >= 0.3 is 0 Å². The van der Waals surface area contributed by atoms with Gasteiger partial charge in [-0.25, -0.2) is 4.39 Å². The molecule has 3 nitrogen and oxygen atoms in total. The van der Waals surface area contributed by atoms with Crippen molar-refractivity contribution in [3.05, 3.63) is 58.0 Å². The Kier molecular flexibility index (Phi) is 5.66. The van der Waals surface area contributed by atoms with Gasteiger partial charge < -0.3 is 9.80 Å². The van der Waals surface area contributed by atoms with Crippen molar-refractivity contribution in [3.63, 3.8) is 0 Å². The first-order chi connectivity index (χ1) is 12.0. The number of thiophene rings is 1. The molecule has 1 saturated heterocycles. The van der Waals surface area contributed by atoms with Crippen LogP contribution in [-0.2, 0) is 4.79 Å². The monoisotopic (exact) mass is 358 g/mol. The molecule has 0 radical (unpaired) electrons. The van der Waals surface area contributed by atoms with Crippen molar-refractivity contribution in [2.75, 3.05) is 27.2 Å². The first kappa shape index (κ1) is 17.8. The van der Waals surface area contributed by atoms with E-state index >= 15 is 0 Å². The average molecular weight is 358 g/mol. The van der Waals surface area contributed by atoms with Crippen molar-refractivity contribution in [3.8, 4) is 0 Å². The fourth-order valence-corrected chi connectivity index (χ4v) is 3.81. The van der Waals surface area contributed by atoms with Crippen LogP contribution in [0, 0.1) is 5.82 Å². The van der Waals surface area contributed by atoms with Gasteiger partial charge in [0, 0.05) is 18.7 Å². The largest absolute Gasteiger partial charge is 0.339 e. The maximum absolute atomic E-state index is 13.2. The van der Waals surface area contributed by atoms with Crippen molar-refractivity contribution >= 4 is 28.9 Å². The lowest BCUT2D eigenvalue weighted by Crippen LogP contribution is -2.44. The second-order valence-electron chi connectivity index (χ2n) is 6.57. The molecule has 0 N–H and O–H groups in total. The summed E-state index contributed by atoms with van der Waals surface area (Å²) in [7, 11) is 4.01. The molecule has 1 fully saturated rings. The highest BCUT2D eigenvalue weighted by molar-refractivity contribution is 7.08. The molecule has 1 amide bonds.